The second-order valence-electron chi connectivity index (χ2n) is 3.29. The Hall–Kier alpha value is -1.92. The number of anilines is 1. The largest absolute Gasteiger partial charge is 0.480 e. The van der Waals surface area contributed by atoms with Crippen LogP contribution in [0, 0.1) is 0 Å². The van der Waals surface area contributed by atoms with Crippen molar-refractivity contribution in [3.63, 3.8) is 0 Å². The van der Waals surface area contributed by atoms with Gasteiger partial charge in [0.05, 0.1) is 6.61 Å². The number of benzene rings is 1. The minimum Gasteiger partial charge on any atom is -0.480 e. The minimum absolute atomic E-state index is 0.0596. The molecule has 3 N–H and O–H groups in total. The van der Waals surface area contributed by atoms with E-state index < -0.39 is 18.5 Å². The van der Waals surface area contributed by atoms with E-state index >= 15 is 0 Å². The molecule has 1 aromatic carbocycles. The molecule has 0 heterocycles. The fraction of sp³-hybridized carbons (Fsp3) is 0.273. The van der Waals surface area contributed by atoms with Gasteiger partial charge in [0.15, 0.2) is 0 Å². The Bertz CT molecular complexity index is 387. The van der Waals surface area contributed by atoms with E-state index in [0.717, 1.165) is 5.56 Å². The fourth-order valence-electron chi connectivity index (χ4n) is 1.12. The number of nitrogens with one attached hydrogen (secondary N) is 1. The molecule has 0 fully saturated rings. The van der Waals surface area contributed by atoms with Gasteiger partial charge in [-0.15, -0.1) is 0 Å². The molecule has 0 radical (unpaired) electrons. The quantitative estimate of drug-likeness (QED) is 0.660. The standard InChI is InChI=1S/C11H13NO5/c13-5-8-1-3-9(4-2-8)12-10(14)6-17-7-11(15)16/h1-4,13H,5-7H2,(H,12,14)(H,15,16). The molecule has 0 unspecified atom stereocenters. The SMILES string of the molecule is O=C(O)COCC(=O)Nc1ccc(CO)cc1. The summed E-state index contributed by atoms with van der Waals surface area (Å²) in [5.41, 5.74) is 1.30. The second kappa shape index (κ2) is 6.62. The molecule has 0 aliphatic carbocycles. The summed E-state index contributed by atoms with van der Waals surface area (Å²) >= 11 is 0. The summed E-state index contributed by atoms with van der Waals surface area (Å²) in [6.45, 7) is -0.874. The maximum Gasteiger partial charge on any atom is 0.329 e. The Kier molecular flexibility index (Phi) is 5.12. The molecule has 0 saturated carbocycles. The van der Waals surface area contributed by atoms with Crippen molar-refractivity contribution in [1.29, 1.82) is 0 Å². The zero-order valence-electron chi connectivity index (χ0n) is 9.05. The first-order chi connectivity index (χ1) is 8.11. The van der Waals surface area contributed by atoms with Gasteiger partial charge in [0.2, 0.25) is 5.91 Å². The molecule has 0 bridgehead atoms. The van der Waals surface area contributed by atoms with Crippen LogP contribution in [0.3, 0.4) is 0 Å². The van der Waals surface area contributed by atoms with Gasteiger partial charge >= 0.3 is 5.97 Å². The van der Waals surface area contributed by atoms with E-state index in [0.29, 0.717) is 5.69 Å². The smallest absolute Gasteiger partial charge is 0.329 e. The van der Waals surface area contributed by atoms with E-state index in [1.165, 1.54) is 0 Å². The van der Waals surface area contributed by atoms with Gasteiger partial charge in [-0.1, -0.05) is 12.1 Å². The summed E-state index contributed by atoms with van der Waals surface area (Å²) in [4.78, 5) is 21.4. The lowest BCUT2D eigenvalue weighted by molar-refractivity contribution is -0.143. The molecule has 0 saturated heterocycles. The number of ether oxygens (including phenoxy) is 1. The second-order valence-corrected chi connectivity index (χ2v) is 3.29. The van der Waals surface area contributed by atoms with Crippen LogP contribution in [0.15, 0.2) is 24.3 Å². The molecule has 1 rings (SSSR count). The normalized spacial score (nSPS) is 9.94. The van der Waals surface area contributed by atoms with Crippen molar-refractivity contribution in [3.8, 4) is 0 Å². The summed E-state index contributed by atoms with van der Waals surface area (Å²) < 4.78 is 4.62. The van der Waals surface area contributed by atoms with Crippen molar-refractivity contribution >= 4 is 17.6 Å². The summed E-state index contributed by atoms with van der Waals surface area (Å²) in [6, 6.07) is 6.63. The maximum absolute atomic E-state index is 11.3. The van der Waals surface area contributed by atoms with Gasteiger partial charge < -0.3 is 20.3 Å². The van der Waals surface area contributed by atoms with E-state index in [1.807, 2.05) is 0 Å². The van der Waals surface area contributed by atoms with Crippen molar-refractivity contribution in [2.75, 3.05) is 18.5 Å². The van der Waals surface area contributed by atoms with Crippen molar-refractivity contribution in [3.05, 3.63) is 29.8 Å². The summed E-state index contributed by atoms with van der Waals surface area (Å²) in [7, 11) is 0. The highest BCUT2D eigenvalue weighted by molar-refractivity contribution is 5.91. The predicted molar refractivity (Wildman–Crippen MR) is 59.4 cm³/mol. The Morgan fingerprint density at radius 3 is 2.35 bits per heavy atom. The first kappa shape index (κ1) is 13.1. The van der Waals surface area contributed by atoms with Crippen LogP contribution in [0.1, 0.15) is 5.56 Å². The van der Waals surface area contributed by atoms with E-state index in [2.05, 4.69) is 10.1 Å². The van der Waals surface area contributed by atoms with Crippen LogP contribution < -0.4 is 5.32 Å². The van der Waals surface area contributed by atoms with Gasteiger partial charge in [-0.3, -0.25) is 4.79 Å². The van der Waals surface area contributed by atoms with Gasteiger partial charge in [0.25, 0.3) is 0 Å². The number of amides is 1. The predicted octanol–water partition coefficient (Wildman–Crippen LogP) is 0.219. The molecule has 0 spiro atoms. The number of aliphatic hydroxyl groups is 1. The molecule has 92 valence electrons. The number of hydrogen-bond acceptors (Lipinski definition) is 4. The number of aliphatic hydroxyl groups excluding tert-OH is 1. The summed E-state index contributed by atoms with van der Waals surface area (Å²) in [5, 5.41) is 19.6. The average molecular weight is 239 g/mol. The first-order valence-electron chi connectivity index (χ1n) is 4.91. The van der Waals surface area contributed by atoms with Crippen molar-refractivity contribution in [2.45, 2.75) is 6.61 Å². The van der Waals surface area contributed by atoms with E-state index in [-0.39, 0.29) is 13.2 Å². The van der Waals surface area contributed by atoms with Crippen LogP contribution in [-0.2, 0) is 20.9 Å². The molecular formula is C11H13NO5. The molecule has 0 aliphatic heterocycles. The van der Waals surface area contributed by atoms with Crippen molar-refractivity contribution < 1.29 is 24.5 Å². The summed E-state index contributed by atoms with van der Waals surface area (Å²) in [6.07, 6.45) is 0. The number of carboxylic acids is 1. The minimum atomic E-state index is -1.12. The van der Waals surface area contributed by atoms with Crippen LogP contribution in [-0.4, -0.2) is 35.3 Å². The summed E-state index contributed by atoms with van der Waals surface area (Å²) in [5.74, 6) is -1.55. The first-order valence-corrected chi connectivity index (χ1v) is 4.91. The molecule has 6 heteroatoms. The number of hydrogen-bond donors (Lipinski definition) is 3. The number of rotatable bonds is 6. The Balaban J connectivity index is 2.37. The lowest BCUT2D eigenvalue weighted by atomic mass is 10.2. The van der Waals surface area contributed by atoms with Gasteiger partial charge in [0.1, 0.15) is 13.2 Å². The Morgan fingerprint density at radius 2 is 1.82 bits per heavy atom. The Labute approximate surface area is 97.8 Å². The third-order valence-corrected chi connectivity index (χ3v) is 1.88. The molecular weight excluding hydrogens is 226 g/mol. The monoisotopic (exact) mass is 239 g/mol. The Morgan fingerprint density at radius 1 is 1.18 bits per heavy atom. The molecule has 0 aliphatic rings. The highest BCUT2D eigenvalue weighted by Crippen LogP contribution is 2.09. The van der Waals surface area contributed by atoms with Crippen molar-refractivity contribution in [2.24, 2.45) is 0 Å². The van der Waals surface area contributed by atoms with Crippen LogP contribution in [0.2, 0.25) is 0 Å². The third kappa shape index (κ3) is 5.10. The van der Waals surface area contributed by atoms with Gasteiger partial charge in [0, 0.05) is 5.69 Å². The van der Waals surface area contributed by atoms with Crippen LogP contribution in [0.5, 0.6) is 0 Å². The molecule has 0 atom stereocenters. The third-order valence-electron chi connectivity index (χ3n) is 1.88. The maximum atomic E-state index is 11.3. The van der Waals surface area contributed by atoms with Crippen LogP contribution in [0.25, 0.3) is 0 Å². The molecule has 1 amide bonds. The van der Waals surface area contributed by atoms with Gasteiger partial charge in [-0.25, -0.2) is 4.79 Å². The molecule has 6 nitrogen and oxygen atoms in total. The highest BCUT2D eigenvalue weighted by atomic mass is 16.5. The number of carbonyl (C=O) groups excluding carboxylic acids is 1. The van der Waals surface area contributed by atoms with Gasteiger partial charge in [-0.2, -0.15) is 0 Å². The van der Waals surface area contributed by atoms with Crippen LogP contribution in [0.4, 0.5) is 5.69 Å². The lowest BCUT2D eigenvalue weighted by Crippen LogP contribution is -2.20. The van der Waals surface area contributed by atoms with Gasteiger partial charge in [-0.05, 0) is 17.7 Å². The molecule has 1 aromatic rings. The van der Waals surface area contributed by atoms with Crippen LogP contribution >= 0.6 is 0 Å². The molecule has 17 heavy (non-hydrogen) atoms. The number of aliphatic carboxylic acids is 1. The fourth-order valence-corrected chi connectivity index (χ4v) is 1.12. The zero-order chi connectivity index (χ0) is 12.7. The number of carboxylic acid groups (broad SMARTS) is 1. The van der Waals surface area contributed by atoms with E-state index in [4.69, 9.17) is 10.2 Å². The topological polar surface area (TPSA) is 95.9 Å². The number of carbonyl (C=O) groups is 2. The van der Waals surface area contributed by atoms with E-state index in [9.17, 15) is 9.59 Å². The average Bonchev–Trinajstić information content (AvgIpc) is 2.29. The highest BCUT2D eigenvalue weighted by Gasteiger charge is 2.04. The lowest BCUT2D eigenvalue weighted by Gasteiger charge is -2.05. The van der Waals surface area contributed by atoms with Crippen molar-refractivity contribution in [1.82, 2.24) is 0 Å². The zero-order valence-corrected chi connectivity index (χ0v) is 9.05. The van der Waals surface area contributed by atoms with E-state index in [1.54, 1.807) is 24.3 Å². The molecule has 0 aromatic heterocycles.